The Hall–Kier alpha value is -1.26. The minimum atomic E-state index is 0.578. The number of likely N-dealkylation sites (tertiary alicyclic amines) is 1. The summed E-state index contributed by atoms with van der Waals surface area (Å²) in [5.41, 5.74) is 0. The van der Waals surface area contributed by atoms with Crippen molar-refractivity contribution < 1.29 is 14.2 Å². The third kappa shape index (κ3) is 6.24. The zero-order valence-corrected chi connectivity index (χ0v) is 13.9. The number of piperidine rings is 1. The van der Waals surface area contributed by atoms with Gasteiger partial charge in [0.25, 0.3) is 0 Å². The fraction of sp³-hybridized carbons (Fsp3) is 0.667. The van der Waals surface area contributed by atoms with Crippen LogP contribution >= 0.6 is 0 Å². The van der Waals surface area contributed by atoms with E-state index in [-0.39, 0.29) is 0 Å². The molecule has 1 saturated heterocycles. The van der Waals surface area contributed by atoms with Crippen molar-refractivity contribution in [2.75, 3.05) is 46.6 Å². The van der Waals surface area contributed by atoms with Crippen molar-refractivity contribution in [3.05, 3.63) is 24.3 Å². The molecule has 1 aromatic carbocycles. The monoisotopic (exact) mass is 307 g/mol. The molecule has 0 saturated carbocycles. The highest BCUT2D eigenvalue weighted by molar-refractivity contribution is 5.32. The molecular formula is C18H29NO3. The molecule has 0 spiro atoms. The van der Waals surface area contributed by atoms with Gasteiger partial charge in [-0.15, -0.1) is 0 Å². The van der Waals surface area contributed by atoms with Crippen LogP contribution in [0.15, 0.2) is 24.3 Å². The van der Waals surface area contributed by atoms with E-state index >= 15 is 0 Å². The van der Waals surface area contributed by atoms with Crippen molar-refractivity contribution in [3.8, 4) is 11.5 Å². The Labute approximate surface area is 134 Å². The van der Waals surface area contributed by atoms with Gasteiger partial charge in [-0.05, 0) is 50.4 Å². The molecule has 4 heteroatoms. The van der Waals surface area contributed by atoms with Gasteiger partial charge in [-0.2, -0.15) is 0 Å². The first-order chi connectivity index (χ1) is 10.8. The molecule has 1 fully saturated rings. The minimum absolute atomic E-state index is 0.578. The molecule has 1 aliphatic rings. The van der Waals surface area contributed by atoms with Crippen molar-refractivity contribution in [3.63, 3.8) is 0 Å². The highest BCUT2D eigenvalue weighted by atomic mass is 16.5. The predicted octanol–water partition coefficient (Wildman–Crippen LogP) is 3.21. The molecule has 1 aromatic rings. The predicted molar refractivity (Wildman–Crippen MR) is 88.8 cm³/mol. The van der Waals surface area contributed by atoms with Crippen molar-refractivity contribution in [1.82, 2.24) is 4.90 Å². The average Bonchev–Trinajstić information content (AvgIpc) is 2.56. The van der Waals surface area contributed by atoms with Gasteiger partial charge in [0.15, 0.2) is 0 Å². The molecule has 0 atom stereocenters. The Morgan fingerprint density at radius 1 is 1.09 bits per heavy atom. The first kappa shape index (κ1) is 17.1. The van der Waals surface area contributed by atoms with E-state index in [1.165, 1.54) is 25.9 Å². The number of nitrogens with zero attached hydrogens (tertiary/aromatic N) is 1. The molecule has 0 bridgehead atoms. The highest BCUT2D eigenvalue weighted by Crippen LogP contribution is 2.18. The van der Waals surface area contributed by atoms with Crippen LogP contribution < -0.4 is 9.47 Å². The number of benzene rings is 1. The van der Waals surface area contributed by atoms with Gasteiger partial charge in [0.2, 0.25) is 0 Å². The van der Waals surface area contributed by atoms with Crippen LogP contribution in [0.2, 0.25) is 0 Å². The average molecular weight is 307 g/mol. The molecule has 0 aromatic heterocycles. The van der Waals surface area contributed by atoms with Crippen LogP contribution in [0.4, 0.5) is 0 Å². The summed E-state index contributed by atoms with van der Waals surface area (Å²) in [6.07, 6.45) is 3.79. The first-order valence-electron chi connectivity index (χ1n) is 8.35. The number of hydrogen-bond acceptors (Lipinski definition) is 4. The van der Waals surface area contributed by atoms with Gasteiger partial charge in [0.05, 0.1) is 13.7 Å². The van der Waals surface area contributed by atoms with Crippen LogP contribution in [-0.2, 0) is 4.74 Å². The Kier molecular flexibility index (Phi) is 7.54. The number of ether oxygens (including phenoxy) is 3. The Morgan fingerprint density at radius 3 is 2.64 bits per heavy atom. The standard InChI is InChI=1S/C18H29NO3/c1-16-7-10-19(11-8-16)9-4-12-21-13-14-22-18-6-3-5-17(15-18)20-2/h3,5-6,15-16H,4,7-14H2,1-2H3. The van der Waals surface area contributed by atoms with Crippen LogP contribution in [0, 0.1) is 5.92 Å². The Balaban J connectivity index is 1.47. The van der Waals surface area contributed by atoms with Crippen LogP contribution in [0.5, 0.6) is 11.5 Å². The smallest absolute Gasteiger partial charge is 0.123 e. The van der Waals surface area contributed by atoms with Gasteiger partial charge in [-0.3, -0.25) is 0 Å². The Bertz CT molecular complexity index is 417. The van der Waals surface area contributed by atoms with Crippen LogP contribution in [-0.4, -0.2) is 51.5 Å². The highest BCUT2D eigenvalue weighted by Gasteiger charge is 2.14. The van der Waals surface area contributed by atoms with Gasteiger partial charge in [-0.25, -0.2) is 0 Å². The van der Waals surface area contributed by atoms with E-state index in [1.807, 2.05) is 24.3 Å². The van der Waals surface area contributed by atoms with Gasteiger partial charge in [0, 0.05) is 19.2 Å². The third-order valence-electron chi connectivity index (χ3n) is 4.18. The topological polar surface area (TPSA) is 30.9 Å². The molecule has 4 nitrogen and oxygen atoms in total. The SMILES string of the molecule is COc1cccc(OCCOCCCN2CCC(C)CC2)c1. The van der Waals surface area contributed by atoms with E-state index in [2.05, 4.69) is 11.8 Å². The third-order valence-corrected chi connectivity index (χ3v) is 4.18. The molecule has 22 heavy (non-hydrogen) atoms. The van der Waals surface area contributed by atoms with Gasteiger partial charge < -0.3 is 19.1 Å². The second-order valence-electron chi connectivity index (χ2n) is 6.02. The van der Waals surface area contributed by atoms with Crippen molar-refractivity contribution in [2.45, 2.75) is 26.2 Å². The number of methoxy groups -OCH3 is 1. The van der Waals surface area contributed by atoms with Gasteiger partial charge in [-0.1, -0.05) is 13.0 Å². The number of hydrogen-bond donors (Lipinski definition) is 0. The van der Waals surface area contributed by atoms with E-state index in [9.17, 15) is 0 Å². The van der Waals surface area contributed by atoms with Gasteiger partial charge >= 0.3 is 0 Å². The van der Waals surface area contributed by atoms with E-state index in [4.69, 9.17) is 14.2 Å². The van der Waals surface area contributed by atoms with Crippen LogP contribution in [0.1, 0.15) is 26.2 Å². The summed E-state index contributed by atoms with van der Waals surface area (Å²) < 4.78 is 16.4. The second-order valence-corrected chi connectivity index (χ2v) is 6.02. The molecule has 0 N–H and O–H groups in total. The van der Waals surface area contributed by atoms with E-state index in [1.54, 1.807) is 7.11 Å². The lowest BCUT2D eigenvalue weighted by atomic mass is 9.99. The van der Waals surface area contributed by atoms with E-state index < -0.39 is 0 Å². The maximum atomic E-state index is 5.64. The molecule has 2 rings (SSSR count). The molecule has 0 aliphatic carbocycles. The molecule has 1 heterocycles. The van der Waals surface area contributed by atoms with E-state index in [0.717, 1.165) is 37.0 Å². The van der Waals surface area contributed by atoms with E-state index in [0.29, 0.717) is 13.2 Å². The minimum Gasteiger partial charge on any atom is -0.497 e. The summed E-state index contributed by atoms with van der Waals surface area (Å²) in [6.45, 7) is 8.03. The zero-order valence-electron chi connectivity index (χ0n) is 13.9. The zero-order chi connectivity index (χ0) is 15.6. The van der Waals surface area contributed by atoms with Crippen LogP contribution in [0.3, 0.4) is 0 Å². The van der Waals surface area contributed by atoms with Crippen molar-refractivity contribution in [1.29, 1.82) is 0 Å². The van der Waals surface area contributed by atoms with Gasteiger partial charge in [0.1, 0.15) is 18.1 Å². The first-order valence-corrected chi connectivity index (χ1v) is 8.35. The lowest BCUT2D eigenvalue weighted by Gasteiger charge is -2.30. The molecular weight excluding hydrogens is 278 g/mol. The fourth-order valence-electron chi connectivity index (χ4n) is 2.69. The fourth-order valence-corrected chi connectivity index (χ4v) is 2.69. The maximum Gasteiger partial charge on any atom is 0.123 e. The second kappa shape index (κ2) is 9.70. The molecule has 124 valence electrons. The van der Waals surface area contributed by atoms with Crippen molar-refractivity contribution >= 4 is 0 Å². The summed E-state index contributed by atoms with van der Waals surface area (Å²) in [6, 6.07) is 7.65. The number of rotatable bonds is 9. The lowest BCUT2D eigenvalue weighted by Crippen LogP contribution is -2.34. The molecule has 1 aliphatic heterocycles. The summed E-state index contributed by atoms with van der Waals surface area (Å²) >= 11 is 0. The summed E-state index contributed by atoms with van der Waals surface area (Å²) in [5, 5.41) is 0. The molecule has 0 radical (unpaired) electrons. The molecule has 0 unspecified atom stereocenters. The normalized spacial score (nSPS) is 16.6. The quantitative estimate of drug-likeness (QED) is 0.656. The summed E-state index contributed by atoms with van der Waals surface area (Å²) in [5.74, 6) is 2.54. The summed E-state index contributed by atoms with van der Waals surface area (Å²) in [7, 11) is 1.66. The molecule has 0 amide bonds. The van der Waals surface area contributed by atoms with Crippen molar-refractivity contribution in [2.24, 2.45) is 5.92 Å². The lowest BCUT2D eigenvalue weighted by molar-refractivity contribution is 0.0876. The maximum absolute atomic E-state index is 5.64. The Morgan fingerprint density at radius 2 is 1.86 bits per heavy atom. The van der Waals surface area contributed by atoms with Crippen LogP contribution in [0.25, 0.3) is 0 Å². The summed E-state index contributed by atoms with van der Waals surface area (Å²) in [4.78, 5) is 2.55. The largest absolute Gasteiger partial charge is 0.497 e.